The van der Waals surface area contributed by atoms with Gasteiger partial charge in [-0.2, -0.15) is 5.10 Å². The zero-order valence-electron chi connectivity index (χ0n) is 17.5. The van der Waals surface area contributed by atoms with Gasteiger partial charge in [0, 0.05) is 36.3 Å². The molecule has 1 aromatic carbocycles. The lowest BCUT2D eigenvalue weighted by molar-refractivity contribution is 0.191. The predicted octanol–water partition coefficient (Wildman–Crippen LogP) is 2.28. The van der Waals surface area contributed by atoms with Gasteiger partial charge in [-0.25, -0.2) is 9.97 Å². The number of hydrogen-bond donors (Lipinski definition) is 4. The zero-order chi connectivity index (χ0) is 21.6. The highest BCUT2D eigenvalue weighted by Gasteiger charge is 2.12. The Morgan fingerprint density at radius 3 is 2.94 bits per heavy atom. The number of aromatic nitrogens is 4. The molecule has 162 valence electrons. The van der Waals surface area contributed by atoms with E-state index in [1.807, 2.05) is 32.2 Å². The van der Waals surface area contributed by atoms with Crippen LogP contribution in [-0.2, 0) is 7.05 Å². The molecule has 1 unspecified atom stereocenters. The van der Waals surface area contributed by atoms with E-state index in [2.05, 4.69) is 48.1 Å². The Morgan fingerprint density at radius 2 is 2.10 bits per heavy atom. The SMILES string of the molecule is CCNC(=NCC(O)c1cc2ccccc2s1)NCCNc1ncnc2c1cnn2C. The van der Waals surface area contributed by atoms with Gasteiger partial charge in [0.05, 0.1) is 18.1 Å². The summed E-state index contributed by atoms with van der Waals surface area (Å²) in [6.45, 7) is 4.32. The minimum atomic E-state index is -0.633. The van der Waals surface area contributed by atoms with E-state index < -0.39 is 6.10 Å². The molecule has 0 saturated heterocycles. The van der Waals surface area contributed by atoms with Crippen molar-refractivity contribution < 1.29 is 5.11 Å². The van der Waals surface area contributed by atoms with Gasteiger partial charge in [-0.15, -0.1) is 11.3 Å². The quantitative estimate of drug-likeness (QED) is 0.190. The molecule has 3 heterocycles. The van der Waals surface area contributed by atoms with Gasteiger partial charge in [0.2, 0.25) is 0 Å². The molecule has 1 atom stereocenters. The first-order valence-corrected chi connectivity index (χ1v) is 11.0. The number of aryl methyl sites for hydroxylation is 1. The first-order valence-electron chi connectivity index (χ1n) is 10.2. The molecule has 4 rings (SSSR count). The number of nitrogens with one attached hydrogen (secondary N) is 3. The number of fused-ring (bicyclic) bond motifs is 2. The highest BCUT2D eigenvalue weighted by atomic mass is 32.1. The van der Waals surface area contributed by atoms with Crippen molar-refractivity contribution in [2.75, 3.05) is 31.5 Å². The van der Waals surface area contributed by atoms with Gasteiger partial charge < -0.3 is 21.1 Å². The van der Waals surface area contributed by atoms with Crippen molar-refractivity contribution in [1.82, 2.24) is 30.4 Å². The molecule has 4 aromatic rings. The van der Waals surface area contributed by atoms with Crippen molar-refractivity contribution in [2.45, 2.75) is 13.0 Å². The maximum atomic E-state index is 10.6. The average Bonchev–Trinajstić information content (AvgIpc) is 3.39. The van der Waals surface area contributed by atoms with Gasteiger partial charge in [-0.05, 0) is 24.4 Å². The molecule has 3 aromatic heterocycles. The second kappa shape index (κ2) is 9.71. The van der Waals surface area contributed by atoms with E-state index in [9.17, 15) is 5.11 Å². The minimum absolute atomic E-state index is 0.289. The third-order valence-corrected chi connectivity index (χ3v) is 6.00. The molecule has 31 heavy (non-hydrogen) atoms. The average molecular weight is 439 g/mol. The number of guanidine groups is 1. The lowest BCUT2D eigenvalue weighted by Gasteiger charge is -2.13. The van der Waals surface area contributed by atoms with Gasteiger partial charge >= 0.3 is 0 Å². The number of nitrogens with zero attached hydrogens (tertiary/aromatic N) is 5. The number of hydrogen-bond acceptors (Lipinski definition) is 7. The zero-order valence-corrected chi connectivity index (χ0v) is 18.4. The molecule has 0 aliphatic heterocycles. The van der Waals surface area contributed by atoms with Gasteiger partial charge in [0.25, 0.3) is 0 Å². The molecule has 0 aliphatic rings. The van der Waals surface area contributed by atoms with Crippen molar-refractivity contribution in [2.24, 2.45) is 12.0 Å². The highest BCUT2D eigenvalue weighted by Crippen LogP contribution is 2.29. The van der Waals surface area contributed by atoms with Crippen LogP contribution in [0, 0.1) is 0 Å². The fourth-order valence-electron chi connectivity index (χ4n) is 3.24. The monoisotopic (exact) mass is 438 g/mol. The topological polar surface area (TPSA) is 112 Å². The molecule has 0 fully saturated rings. The Hall–Kier alpha value is -3.24. The second-order valence-corrected chi connectivity index (χ2v) is 8.12. The molecular weight excluding hydrogens is 412 g/mol. The van der Waals surface area contributed by atoms with Crippen molar-refractivity contribution in [3.8, 4) is 0 Å². The van der Waals surface area contributed by atoms with Crippen LogP contribution in [-0.4, -0.2) is 57.0 Å². The lowest BCUT2D eigenvalue weighted by atomic mass is 10.2. The third kappa shape index (κ3) is 4.92. The summed E-state index contributed by atoms with van der Waals surface area (Å²) in [5, 5.41) is 26.6. The number of benzene rings is 1. The van der Waals surface area contributed by atoms with E-state index in [1.165, 1.54) is 11.0 Å². The third-order valence-electron chi connectivity index (χ3n) is 4.78. The molecule has 10 heteroatoms. The van der Waals surface area contributed by atoms with Crippen LogP contribution in [0.3, 0.4) is 0 Å². The summed E-state index contributed by atoms with van der Waals surface area (Å²) in [5.41, 5.74) is 0.788. The Kier molecular flexibility index (Phi) is 6.58. The first-order chi connectivity index (χ1) is 15.2. The van der Waals surface area contributed by atoms with Crippen LogP contribution < -0.4 is 16.0 Å². The Morgan fingerprint density at radius 1 is 1.23 bits per heavy atom. The maximum Gasteiger partial charge on any atom is 0.191 e. The van der Waals surface area contributed by atoms with Crippen molar-refractivity contribution in [3.63, 3.8) is 0 Å². The summed E-state index contributed by atoms with van der Waals surface area (Å²) in [5.74, 6) is 1.42. The van der Waals surface area contributed by atoms with E-state index in [0.717, 1.165) is 33.7 Å². The number of anilines is 1. The van der Waals surface area contributed by atoms with Crippen molar-refractivity contribution in [1.29, 1.82) is 0 Å². The number of aliphatic hydroxyl groups is 1. The molecule has 0 aliphatic carbocycles. The van der Waals surface area contributed by atoms with Gasteiger partial charge in [-0.3, -0.25) is 9.67 Å². The minimum Gasteiger partial charge on any atom is -0.386 e. The molecule has 0 amide bonds. The van der Waals surface area contributed by atoms with Crippen LogP contribution in [0.2, 0.25) is 0 Å². The largest absolute Gasteiger partial charge is 0.386 e. The Labute approximate surface area is 184 Å². The summed E-state index contributed by atoms with van der Waals surface area (Å²) in [6.07, 6.45) is 2.65. The van der Waals surface area contributed by atoms with Gasteiger partial charge in [0.1, 0.15) is 18.2 Å². The molecule has 4 N–H and O–H groups in total. The van der Waals surface area contributed by atoms with Gasteiger partial charge in [-0.1, -0.05) is 18.2 Å². The molecule has 0 spiro atoms. The highest BCUT2D eigenvalue weighted by molar-refractivity contribution is 7.19. The van der Waals surface area contributed by atoms with Crippen LogP contribution in [0.25, 0.3) is 21.1 Å². The fourth-order valence-corrected chi connectivity index (χ4v) is 4.28. The second-order valence-electron chi connectivity index (χ2n) is 7.00. The van der Waals surface area contributed by atoms with Crippen LogP contribution in [0.4, 0.5) is 5.82 Å². The first kappa shape index (κ1) is 21.0. The van der Waals surface area contributed by atoms with Crippen LogP contribution in [0.15, 0.2) is 47.8 Å². The van der Waals surface area contributed by atoms with E-state index in [4.69, 9.17) is 0 Å². The summed E-state index contributed by atoms with van der Waals surface area (Å²) < 4.78 is 2.89. The van der Waals surface area contributed by atoms with E-state index in [1.54, 1.807) is 22.2 Å². The molecule has 9 nitrogen and oxygen atoms in total. The van der Waals surface area contributed by atoms with E-state index in [0.29, 0.717) is 19.0 Å². The fraction of sp³-hybridized carbons (Fsp3) is 0.333. The van der Waals surface area contributed by atoms with Gasteiger partial charge in [0.15, 0.2) is 11.6 Å². The summed E-state index contributed by atoms with van der Waals surface area (Å²) in [6, 6.07) is 10.2. The standard InChI is InChI=1S/C21H26N8OS/c1-3-22-21(25-12-16(30)18-10-14-6-4-5-7-17(14)31-18)24-9-8-23-19-15-11-28-29(2)20(15)27-13-26-19/h4-7,10-11,13,16,30H,3,8-9,12H2,1-2H3,(H2,22,24,25)(H,23,26,27). The molecule has 0 radical (unpaired) electrons. The molecule has 0 bridgehead atoms. The molecular formula is C21H26N8OS. The van der Waals surface area contributed by atoms with Crippen molar-refractivity contribution >= 4 is 44.2 Å². The smallest absolute Gasteiger partial charge is 0.191 e. The van der Waals surface area contributed by atoms with Crippen LogP contribution in [0.1, 0.15) is 17.9 Å². The van der Waals surface area contributed by atoms with E-state index >= 15 is 0 Å². The number of aliphatic hydroxyl groups excluding tert-OH is 1. The normalized spacial score (nSPS) is 12.9. The number of thiophene rings is 1. The Bertz CT molecular complexity index is 1150. The summed E-state index contributed by atoms with van der Waals surface area (Å²) in [7, 11) is 1.85. The predicted molar refractivity (Wildman–Crippen MR) is 126 cm³/mol. The Balaban J connectivity index is 1.32. The summed E-state index contributed by atoms with van der Waals surface area (Å²) in [4.78, 5) is 14.0. The number of aliphatic imine (C=N–C) groups is 1. The maximum absolute atomic E-state index is 10.6. The lowest BCUT2D eigenvalue weighted by Crippen LogP contribution is -2.39. The van der Waals surface area contributed by atoms with E-state index in [-0.39, 0.29) is 6.54 Å². The van der Waals surface area contributed by atoms with Crippen LogP contribution in [0.5, 0.6) is 0 Å². The molecule has 0 saturated carbocycles. The summed E-state index contributed by atoms with van der Waals surface area (Å²) >= 11 is 1.60. The van der Waals surface area contributed by atoms with Crippen molar-refractivity contribution in [3.05, 3.63) is 47.7 Å². The van der Waals surface area contributed by atoms with Crippen LogP contribution >= 0.6 is 11.3 Å². The number of rotatable bonds is 8.